The minimum Gasteiger partial charge on any atom is -0.333 e. The van der Waals surface area contributed by atoms with E-state index in [0.717, 1.165) is 17.7 Å². The Hall–Kier alpha value is -1.43. The van der Waals surface area contributed by atoms with Gasteiger partial charge >= 0.3 is 0 Å². The molecule has 106 valence electrons. The Morgan fingerprint density at radius 2 is 2.11 bits per heavy atom. The molecule has 0 unspecified atom stereocenters. The van der Waals surface area contributed by atoms with Crippen molar-refractivity contribution in [3.05, 3.63) is 11.1 Å². The predicted molar refractivity (Wildman–Crippen MR) is 77.3 cm³/mol. The van der Waals surface area contributed by atoms with Crippen molar-refractivity contribution < 1.29 is 9.59 Å². The third-order valence-corrected chi connectivity index (χ3v) is 3.34. The highest BCUT2D eigenvalue weighted by Crippen LogP contribution is 2.16. The van der Waals surface area contributed by atoms with Crippen LogP contribution in [0.15, 0.2) is 6.20 Å². The first-order valence-corrected chi connectivity index (χ1v) is 7.38. The molecule has 0 aromatic carbocycles. The van der Waals surface area contributed by atoms with Crippen molar-refractivity contribution in [2.75, 3.05) is 18.4 Å². The summed E-state index contributed by atoms with van der Waals surface area (Å²) in [6, 6.07) is 0. The highest BCUT2D eigenvalue weighted by molar-refractivity contribution is 7.15. The molecule has 0 radical (unpaired) electrons. The van der Waals surface area contributed by atoms with Gasteiger partial charge in [0.15, 0.2) is 5.13 Å². The van der Waals surface area contributed by atoms with Gasteiger partial charge in [-0.3, -0.25) is 9.59 Å². The van der Waals surface area contributed by atoms with Gasteiger partial charge in [0, 0.05) is 24.0 Å². The number of anilines is 1. The molecule has 0 atom stereocenters. The Balaban J connectivity index is 2.53. The van der Waals surface area contributed by atoms with Gasteiger partial charge < -0.3 is 10.2 Å². The van der Waals surface area contributed by atoms with E-state index in [-0.39, 0.29) is 18.4 Å². The van der Waals surface area contributed by atoms with E-state index >= 15 is 0 Å². The van der Waals surface area contributed by atoms with Crippen LogP contribution in [0, 0.1) is 6.92 Å². The number of nitrogens with one attached hydrogen (secondary N) is 1. The number of hydrogen-bond acceptors (Lipinski definition) is 4. The van der Waals surface area contributed by atoms with Gasteiger partial charge in [0.1, 0.15) is 0 Å². The lowest BCUT2D eigenvalue weighted by molar-refractivity contribution is -0.134. The Morgan fingerprint density at radius 1 is 1.37 bits per heavy atom. The molecule has 1 aromatic heterocycles. The summed E-state index contributed by atoms with van der Waals surface area (Å²) in [6.07, 6.45) is 3.85. The fourth-order valence-corrected chi connectivity index (χ4v) is 2.36. The molecule has 6 heteroatoms. The summed E-state index contributed by atoms with van der Waals surface area (Å²) in [5.41, 5.74) is 0. The Bertz CT molecular complexity index is 431. The van der Waals surface area contributed by atoms with Crippen LogP contribution in [0.5, 0.6) is 0 Å². The Morgan fingerprint density at radius 3 is 2.63 bits per heavy atom. The molecule has 1 rings (SSSR count). The summed E-state index contributed by atoms with van der Waals surface area (Å²) in [6.45, 7) is 6.60. The molecular formula is C13H21N3O2S. The molecule has 19 heavy (non-hydrogen) atoms. The maximum absolute atomic E-state index is 11.9. The van der Waals surface area contributed by atoms with Crippen LogP contribution in [0.3, 0.4) is 0 Å². The number of carbonyl (C=O) groups is 2. The number of hydrogen-bond donors (Lipinski definition) is 1. The molecule has 0 saturated carbocycles. The Labute approximate surface area is 118 Å². The molecule has 2 amide bonds. The van der Waals surface area contributed by atoms with Gasteiger partial charge in [-0.25, -0.2) is 4.98 Å². The molecule has 1 heterocycles. The summed E-state index contributed by atoms with van der Waals surface area (Å²) >= 11 is 1.43. The second kappa shape index (κ2) is 7.89. The lowest BCUT2D eigenvalue weighted by Gasteiger charge is -2.21. The highest BCUT2D eigenvalue weighted by Gasteiger charge is 2.16. The van der Waals surface area contributed by atoms with Crippen molar-refractivity contribution in [2.24, 2.45) is 0 Å². The highest BCUT2D eigenvalue weighted by atomic mass is 32.1. The minimum absolute atomic E-state index is 0.0369. The zero-order chi connectivity index (χ0) is 14.3. The SMILES string of the molecule is CCCC(=O)N(CCC)CC(=O)Nc1ncc(C)s1. The van der Waals surface area contributed by atoms with E-state index < -0.39 is 0 Å². The number of carbonyl (C=O) groups excluding carboxylic acids is 2. The molecule has 0 spiro atoms. The number of aryl methyl sites for hydroxylation is 1. The van der Waals surface area contributed by atoms with Crippen LogP contribution in [0.2, 0.25) is 0 Å². The number of rotatable bonds is 7. The van der Waals surface area contributed by atoms with E-state index in [4.69, 9.17) is 0 Å². The van der Waals surface area contributed by atoms with Gasteiger partial charge in [-0.1, -0.05) is 13.8 Å². The second-order valence-electron chi connectivity index (χ2n) is 4.39. The van der Waals surface area contributed by atoms with Crippen LogP contribution >= 0.6 is 11.3 Å². The molecule has 0 saturated heterocycles. The Kier molecular flexibility index (Phi) is 6.49. The molecule has 0 aliphatic carbocycles. The second-order valence-corrected chi connectivity index (χ2v) is 5.62. The number of amides is 2. The first-order valence-electron chi connectivity index (χ1n) is 6.56. The van der Waals surface area contributed by atoms with Crippen molar-refractivity contribution in [3.63, 3.8) is 0 Å². The van der Waals surface area contributed by atoms with Crippen molar-refractivity contribution >= 4 is 28.3 Å². The summed E-state index contributed by atoms with van der Waals surface area (Å²) < 4.78 is 0. The quantitative estimate of drug-likeness (QED) is 0.836. The van der Waals surface area contributed by atoms with Crippen LogP contribution in [0.25, 0.3) is 0 Å². The smallest absolute Gasteiger partial charge is 0.245 e. The zero-order valence-corrected chi connectivity index (χ0v) is 12.5. The van der Waals surface area contributed by atoms with Gasteiger partial charge in [0.05, 0.1) is 6.54 Å². The van der Waals surface area contributed by atoms with Gasteiger partial charge in [-0.15, -0.1) is 11.3 Å². The largest absolute Gasteiger partial charge is 0.333 e. The fraction of sp³-hybridized carbons (Fsp3) is 0.615. The summed E-state index contributed by atoms with van der Waals surface area (Å²) in [4.78, 5) is 30.5. The molecule has 0 fully saturated rings. The van der Waals surface area contributed by atoms with Crippen molar-refractivity contribution in [3.8, 4) is 0 Å². The first-order chi connectivity index (χ1) is 9.06. The van der Waals surface area contributed by atoms with E-state index in [1.807, 2.05) is 20.8 Å². The topological polar surface area (TPSA) is 62.3 Å². The first kappa shape index (κ1) is 15.6. The van der Waals surface area contributed by atoms with E-state index in [1.165, 1.54) is 11.3 Å². The van der Waals surface area contributed by atoms with E-state index in [9.17, 15) is 9.59 Å². The zero-order valence-electron chi connectivity index (χ0n) is 11.7. The summed E-state index contributed by atoms with van der Waals surface area (Å²) in [7, 11) is 0. The van der Waals surface area contributed by atoms with Gasteiger partial charge in [0.2, 0.25) is 11.8 Å². The maximum Gasteiger partial charge on any atom is 0.245 e. The number of aromatic nitrogens is 1. The van der Waals surface area contributed by atoms with Crippen LogP contribution in [0.1, 0.15) is 38.0 Å². The maximum atomic E-state index is 11.9. The molecule has 0 aliphatic heterocycles. The van der Waals surface area contributed by atoms with Crippen molar-refractivity contribution in [1.82, 2.24) is 9.88 Å². The standard InChI is InChI=1S/C13H21N3O2S/c1-4-6-12(18)16(7-5-2)9-11(17)15-13-14-8-10(3)19-13/h8H,4-7,9H2,1-3H3,(H,14,15,17). The summed E-state index contributed by atoms with van der Waals surface area (Å²) in [5, 5.41) is 3.31. The molecule has 0 aliphatic rings. The molecule has 5 nitrogen and oxygen atoms in total. The van der Waals surface area contributed by atoms with Gasteiger partial charge in [-0.2, -0.15) is 0 Å². The average molecular weight is 283 g/mol. The third kappa shape index (κ3) is 5.38. The molecule has 1 aromatic rings. The van der Waals surface area contributed by atoms with Gasteiger partial charge in [-0.05, 0) is 19.8 Å². The molecule has 1 N–H and O–H groups in total. The summed E-state index contributed by atoms with van der Waals surface area (Å²) in [5.74, 6) is -0.151. The molecular weight excluding hydrogens is 262 g/mol. The van der Waals surface area contributed by atoms with E-state index in [0.29, 0.717) is 18.1 Å². The minimum atomic E-state index is -0.188. The monoisotopic (exact) mass is 283 g/mol. The predicted octanol–water partition coefficient (Wildman–Crippen LogP) is 2.43. The van der Waals surface area contributed by atoms with Crippen LogP contribution < -0.4 is 5.32 Å². The van der Waals surface area contributed by atoms with E-state index in [2.05, 4.69) is 10.3 Å². The van der Waals surface area contributed by atoms with Crippen molar-refractivity contribution in [2.45, 2.75) is 40.0 Å². The number of nitrogens with zero attached hydrogens (tertiary/aromatic N) is 2. The van der Waals surface area contributed by atoms with Gasteiger partial charge in [0.25, 0.3) is 0 Å². The van der Waals surface area contributed by atoms with Crippen LogP contribution in [0.4, 0.5) is 5.13 Å². The third-order valence-electron chi connectivity index (χ3n) is 2.51. The van der Waals surface area contributed by atoms with Crippen LogP contribution in [-0.4, -0.2) is 34.8 Å². The fourth-order valence-electron chi connectivity index (χ4n) is 1.68. The lowest BCUT2D eigenvalue weighted by Crippen LogP contribution is -2.38. The van der Waals surface area contributed by atoms with Crippen molar-refractivity contribution in [1.29, 1.82) is 0 Å². The normalized spacial score (nSPS) is 10.3. The number of thiazole rings is 1. The van der Waals surface area contributed by atoms with E-state index in [1.54, 1.807) is 11.1 Å². The average Bonchev–Trinajstić information content (AvgIpc) is 2.74. The van der Waals surface area contributed by atoms with Crippen LogP contribution in [-0.2, 0) is 9.59 Å². The molecule has 0 bridgehead atoms. The lowest BCUT2D eigenvalue weighted by atomic mass is 10.3.